The minimum atomic E-state index is -0.395. The van der Waals surface area contributed by atoms with E-state index in [0.29, 0.717) is 13.0 Å². The van der Waals surface area contributed by atoms with Crippen LogP contribution in [0.2, 0.25) is 0 Å². The van der Waals surface area contributed by atoms with E-state index in [9.17, 15) is 9.59 Å². The Morgan fingerprint density at radius 1 is 1.77 bits per heavy atom. The number of Topliss-reactive ketones (excluding diaryl/α,β-unsaturated/α-hetero) is 1. The molecule has 3 heteroatoms. The number of rotatable bonds is 3. The van der Waals surface area contributed by atoms with Crippen LogP contribution in [-0.2, 0) is 9.59 Å². The Morgan fingerprint density at radius 3 is 3.00 bits per heavy atom. The van der Waals surface area contributed by atoms with Crippen LogP contribution >= 0.6 is 0 Å². The Balaban J connectivity index is 2.65. The van der Waals surface area contributed by atoms with Crippen LogP contribution in [0.5, 0.6) is 0 Å². The minimum absolute atomic E-state index is 0.0150. The van der Waals surface area contributed by atoms with Crippen LogP contribution in [0.1, 0.15) is 19.8 Å². The summed E-state index contributed by atoms with van der Waals surface area (Å²) in [5.41, 5.74) is 0. The number of ketones is 1. The van der Waals surface area contributed by atoms with Gasteiger partial charge < -0.3 is 4.90 Å². The van der Waals surface area contributed by atoms with Crippen LogP contribution in [0.25, 0.3) is 0 Å². The van der Waals surface area contributed by atoms with Crippen molar-refractivity contribution in [2.45, 2.75) is 19.8 Å². The first kappa shape index (κ1) is 9.96. The summed E-state index contributed by atoms with van der Waals surface area (Å²) >= 11 is 0. The zero-order valence-corrected chi connectivity index (χ0v) is 7.95. The van der Waals surface area contributed by atoms with Gasteiger partial charge in [0.1, 0.15) is 5.78 Å². The van der Waals surface area contributed by atoms with Gasteiger partial charge in [-0.2, -0.15) is 0 Å². The van der Waals surface area contributed by atoms with E-state index in [-0.39, 0.29) is 11.7 Å². The fourth-order valence-electron chi connectivity index (χ4n) is 1.65. The molecule has 1 amide bonds. The molecular weight excluding hydrogens is 166 g/mol. The molecule has 1 heterocycles. The Morgan fingerprint density at radius 2 is 2.46 bits per heavy atom. The summed E-state index contributed by atoms with van der Waals surface area (Å²) in [4.78, 5) is 24.4. The van der Waals surface area contributed by atoms with Gasteiger partial charge in [-0.05, 0) is 19.8 Å². The van der Waals surface area contributed by atoms with Crippen molar-refractivity contribution in [1.82, 2.24) is 4.90 Å². The summed E-state index contributed by atoms with van der Waals surface area (Å²) in [6.07, 6.45) is 3.33. The van der Waals surface area contributed by atoms with Gasteiger partial charge in [0.15, 0.2) is 0 Å². The fraction of sp³-hybridized carbons (Fsp3) is 0.600. The lowest BCUT2D eigenvalue weighted by molar-refractivity contribution is -0.143. The van der Waals surface area contributed by atoms with Crippen LogP contribution in [0.4, 0.5) is 0 Å². The van der Waals surface area contributed by atoms with Crippen molar-refractivity contribution in [3.8, 4) is 0 Å². The monoisotopic (exact) mass is 181 g/mol. The van der Waals surface area contributed by atoms with E-state index in [4.69, 9.17) is 0 Å². The molecule has 1 aliphatic heterocycles. The van der Waals surface area contributed by atoms with Gasteiger partial charge in [-0.3, -0.25) is 9.59 Å². The third-order valence-electron chi connectivity index (χ3n) is 2.37. The van der Waals surface area contributed by atoms with Crippen LogP contribution < -0.4 is 0 Å². The Kier molecular flexibility index (Phi) is 3.23. The lowest BCUT2D eigenvalue weighted by Gasteiger charge is -2.30. The molecule has 0 N–H and O–H groups in total. The number of likely N-dealkylation sites (tertiary alicyclic amines) is 1. The molecular formula is C10H15NO2. The predicted octanol–water partition coefficient (Wildman–Crippen LogP) is 1.00. The summed E-state index contributed by atoms with van der Waals surface area (Å²) < 4.78 is 0. The molecule has 0 aromatic rings. The predicted molar refractivity (Wildman–Crippen MR) is 50.2 cm³/mol. The molecule has 3 nitrogen and oxygen atoms in total. The molecule has 0 radical (unpaired) electrons. The first-order chi connectivity index (χ1) is 6.16. The number of hydrogen-bond donors (Lipinski definition) is 0. The maximum Gasteiger partial charge on any atom is 0.233 e. The maximum absolute atomic E-state index is 11.6. The van der Waals surface area contributed by atoms with Crippen LogP contribution in [-0.4, -0.2) is 29.7 Å². The van der Waals surface area contributed by atoms with Crippen LogP contribution in [0.15, 0.2) is 12.7 Å². The molecule has 1 aliphatic rings. The maximum atomic E-state index is 11.6. The van der Waals surface area contributed by atoms with Gasteiger partial charge in [-0.15, -0.1) is 6.58 Å². The smallest absolute Gasteiger partial charge is 0.233 e. The van der Waals surface area contributed by atoms with Gasteiger partial charge in [-0.1, -0.05) is 6.08 Å². The van der Waals surface area contributed by atoms with E-state index in [1.165, 1.54) is 6.92 Å². The Hall–Kier alpha value is -1.12. The molecule has 0 saturated carbocycles. The highest BCUT2D eigenvalue weighted by Crippen LogP contribution is 2.18. The van der Waals surface area contributed by atoms with Crippen molar-refractivity contribution >= 4 is 11.7 Å². The second kappa shape index (κ2) is 4.21. The van der Waals surface area contributed by atoms with Gasteiger partial charge in [0.05, 0.1) is 5.92 Å². The molecule has 1 unspecified atom stereocenters. The van der Waals surface area contributed by atoms with E-state index >= 15 is 0 Å². The SMILES string of the molecule is C=CCN1CCCC(C(C)=O)C1=O. The Bertz CT molecular complexity index is 235. The quantitative estimate of drug-likeness (QED) is 0.481. The molecule has 1 rings (SSSR count). The van der Waals surface area contributed by atoms with Gasteiger partial charge in [0.2, 0.25) is 5.91 Å². The van der Waals surface area contributed by atoms with E-state index < -0.39 is 5.92 Å². The van der Waals surface area contributed by atoms with Crippen molar-refractivity contribution in [3.63, 3.8) is 0 Å². The van der Waals surface area contributed by atoms with Crippen molar-refractivity contribution in [2.24, 2.45) is 5.92 Å². The molecule has 0 aliphatic carbocycles. The minimum Gasteiger partial charge on any atom is -0.338 e. The first-order valence-corrected chi connectivity index (χ1v) is 4.57. The van der Waals surface area contributed by atoms with E-state index in [0.717, 1.165) is 13.0 Å². The van der Waals surface area contributed by atoms with E-state index in [1.807, 2.05) is 0 Å². The third-order valence-corrected chi connectivity index (χ3v) is 2.37. The second-order valence-electron chi connectivity index (χ2n) is 3.38. The highest BCUT2D eigenvalue weighted by atomic mass is 16.2. The van der Waals surface area contributed by atoms with Gasteiger partial charge >= 0.3 is 0 Å². The third kappa shape index (κ3) is 2.17. The second-order valence-corrected chi connectivity index (χ2v) is 3.38. The molecule has 0 bridgehead atoms. The van der Waals surface area contributed by atoms with E-state index in [2.05, 4.69) is 6.58 Å². The number of nitrogens with zero attached hydrogens (tertiary/aromatic N) is 1. The number of amides is 1. The summed E-state index contributed by atoms with van der Waals surface area (Å²) in [6.45, 7) is 6.38. The molecule has 0 aromatic carbocycles. The van der Waals surface area contributed by atoms with Gasteiger partial charge in [0.25, 0.3) is 0 Å². The molecule has 1 saturated heterocycles. The van der Waals surface area contributed by atoms with Crippen LogP contribution in [0.3, 0.4) is 0 Å². The zero-order chi connectivity index (χ0) is 9.84. The molecule has 72 valence electrons. The summed E-state index contributed by atoms with van der Waals surface area (Å²) in [7, 11) is 0. The zero-order valence-electron chi connectivity index (χ0n) is 7.95. The number of piperidine rings is 1. The van der Waals surface area contributed by atoms with Crippen molar-refractivity contribution < 1.29 is 9.59 Å². The van der Waals surface area contributed by atoms with Gasteiger partial charge in [0, 0.05) is 13.1 Å². The van der Waals surface area contributed by atoms with Crippen molar-refractivity contribution in [2.75, 3.05) is 13.1 Å². The summed E-state index contributed by atoms with van der Waals surface area (Å²) in [6, 6.07) is 0. The average Bonchev–Trinajstić information content (AvgIpc) is 2.08. The standard InChI is InChI=1S/C10H15NO2/c1-3-6-11-7-4-5-9(8(2)12)10(11)13/h3,9H,1,4-7H2,2H3. The van der Waals surface area contributed by atoms with Gasteiger partial charge in [-0.25, -0.2) is 0 Å². The average molecular weight is 181 g/mol. The highest BCUT2D eigenvalue weighted by molar-refractivity contribution is 6.00. The highest BCUT2D eigenvalue weighted by Gasteiger charge is 2.30. The van der Waals surface area contributed by atoms with E-state index in [1.54, 1.807) is 11.0 Å². The molecule has 1 atom stereocenters. The topological polar surface area (TPSA) is 37.4 Å². The molecule has 1 fully saturated rings. The lowest BCUT2D eigenvalue weighted by Crippen LogP contribution is -2.43. The van der Waals surface area contributed by atoms with Crippen molar-refractivity contribution in [3.05, 3.63) is 12.7 Å². The number of hydrogen-bond acceptors (Lipinski definition) is 2. The lowest BCUT2D eigenvalue weighted by atomic mass is 9.94. The number of carbonyl (C=O) groups is 2. The van der Waals surface area contributed by atoms with Crippen molar-refractivity contribution in [1.29, 1.82) is 0 Å². The largest absolute Gasteiger partial charge is 0.338 e. The summed E-state index contributed by atoms with van der Waals surface area (Å²) in [5, 5.41) is 0. The summed E-state index contributed by atoms with van der Waals surface area (Å²) in [5.74, 6) is -0.439. The molecule has 0 spiro atoms. The first-order valence-electron chi connectivity index (χ1n) is 4.57. The van der Waals surface area contributed by atoms with Crippen LogP contribution in [0, 0.1) is 5.92 Å². The molecule has 0 aromatic heterocycles. The normalized spacial score (nSPS) is 23.0. The molecule has 13 heavy (non-hydrogen) atoms. The fourth-order valence-corrected chi connectivity index (χ4v) is 1.65. The Labute approximate surface area is 78.4 Å². The number of carbonyl (C=O) groups excluding carboxylic acids is 2.